The van der Waals surface area contributed by atoms with Crippen LogP contribution >= 0.6 is 0 Å². The number of nitrogens with zero attached hydrogens (tertiary/aromatic N) is 4. The van der Waals surface area contributed by atoms with Crippen molar-refractivity contribution in [3.8, 4) is 0 Å². The van der Waals surface area contributed by atoms with Crippen LogP contribution in [-0.2, 0) is 17.1 Å². The van der Waals surface area contributed by atoms with Gasteiger partial charge in [0.25, 0.3) is 15.9 Å². The van der Waals surface area contributed by atoms with Crippen LogP contribution < -0.4 is 10.2 Å². The Morgan fingerprint density at radius 1 is 1.18 bits per heavy atom. The van der Waals surface area contributed by atoms with Crippen LogP contribution in [0.2, 0.25) is 0 Å². The Bertz CT molecular complexity index is 1330. The van der Waals surface area contributed by atoms with E-state index in [9.17, 15) is 17.6 Å². The lowest BCUT2D eigenvalue weighted by atomic mass is 9.91. The van der Waals surface area contributed by atoms with Crippen LogP contribution in [0.1, 0.15) is 29.9 Å². The topological polar surface area (TPSA) is 96.7 Å². The monoisotopic (exact) mass is 469 g/mol. The predicted octanol–water partition coefficient (Wildman–Crippen LogP) is 2.97. The van der Waals surface area contributed by atoms with Gasteiger partial charge in [0.1, 0.15) is 16.4 Å². The van der Waals surface area contributed by atoms with Gasteiger partial charge in [0.05, 0.1) is 6.33 Å². The SMILES string of the molecule is Cn1cnc(C(=O)NCC(C)(C)CN(C2=NS(=O)(=O)c3cc(F)ccc32)c2ccccc2)c1. The number of fused-ring (bicyclic) bond motifs is 1. The summed E-state index contributed by atoms with van der Waals surface area (Å²) in [6.07, 6.45) is 3.18. The number of benzene rings is 2. The third kappa shape index (κ3) is 4.80. The van der Waals surface area contributed by atoms with Gasteiger partial charge in [-0.1, -0.05) is 32.0 Å². The quantitative estimate of drug-likeness (QED) is 0.599. The summed E-state index contributed by atoms with van der Waals surface area (Å²) < 4.78 is 44.7. The second-order valence-corrected chi connectivity index (χ2v) is 10.3. The molecule has 1 amide bonds. The van der Waals surface area contributed by atoms with E-state index in [2.05, 4.69) is 14.7 Å². The van der Waals surface area contributed by atoms with E-state index in [0.717, 1.165) is 11.8 Å². The van der Waals surface area contributed by atoms with Gasteiger partial charge in [-0.2, -0.15) is 8.42 Å². The fourth-order valence-corrected chi connectivity index (χ4v) is 4.84. The lowest BCUT2D eigenvalue weighted by Gasteiger charge is -2.34. The number of aryl methyl sites for hydroxylation is 1. The number of sulfonamides is 1. The Labute approximate surface area is 191 Å². The summed E-state index contributed by atoms with van der Waals surface area (Å²) >= 11 is 0. The normalized spacial score (nSPS) is 14.5. The van der Waals surface area contributed by atoms with Gasteiger partial charge in [0.2, 0.25) is 0 Å². The molecule has 0 saturated carbocycles. The van der Waals surface area contributed by atoms with Crippen LogP contribution in [-0.4, -0.2) is 42.8 Å². The largest absolute Gasteiger partial charge is 0.350 e. The number of imidazole rings is 1. The first-order chi connectivity index (χ1) is 15.6. The van der Waals surface area contributed by atoms with Crippen molar-refractivity contribution < 1.29 is 17.6 Å². The summed E-state index contributed by atoms with van der Waals surface area (Å²) in [6, 6.07) is 12.9. The van der Waals surface area contributed by atoms with Crippen molar-refractivity contribution in [3.05, 3.63) is 78.1 Å². The van der Waals surface area contributed by atoms with E-state index in [0.29, 0.717) is 24.3 Å². The standard InChI is InChI=1S/C23H24FN5O3S/c1-23(2,13-25-22(30)19-12-28(3)15-26-19)14-29(17-7-5-4-6-8-17)21-18-10-9-16(24)11-20(18)33(31,32)27-21/h4-12,15H,13-14H2,1-3H3,(H,25,30). The molecule has 1 aliphatic rings. The number of hydrogen-bond acceptors (Lipinski definition) is 5. The maximum atomic E-state index is 13.8. The zero-order valence-electron chi connectivity index (χ0n) is 18.5. The molecule has 0 atom stereocenters. The van der Waals surface area contributed by atoms with Crippen LogP contribution in [0.25, 0.3) is 0 Å². The first-order valence-corrected chi connectivity index (χ1v) is 11.7. The Balaban J connectivity index is 1.63. The molecule has 8 nitrogen and oxygen atoms in total. The first-order valence-electron chi connectivity index (χ1n) is 10.3. The lowest BCUT2D eigenvalue weighted by Crippen LogP contribution is -2.44. The Hall–Kier alpha value is -3.53. The average molecular weight is 470 g/mol. The van der Waals surface area contributed by atoms with Crippen LogP contribution in [0, 0.1) is 11.2 Å². The second-order valence-electron chi connectivity index (χ2n) is 8.72. The minimum atomic E-state index is -4.02. The van der Waals surface area contributed by atoms with Gasteiger partial charge in [0, 0.05) is 43.0 Å². The number of amidine groups is 1. The zero-order chi connectivity index (χ0) is 23.8. The van der Waals surface area contributed by atoms with Gasteiger partial charge in [-0.15, -0.1) is 4.40 Å². The molecule has 1 aliphatic heterocycles. The highest BCUT2D eigenvalue weighted by Crippen LogP contribution is 2.32. The van der Waals surface area contributed by atoms with Gasteiger partial charge < -0.3 is 14.8 Å². The second kappa shape index (κ2) is 8.43. The number of carbonyl (C=O) groups excluding carboxylic acids is 1. The molecule has 0 radical (unpaired) electrons. The number of para-hydroxylation sites is 1. The van der Waals surface area contributed by atoms with Crippen LogP contribution in [0.3, 0.4) is 0 Å². The van der Waals surface area contributed by atoms with Gasteiger partial charge in [-0.25, -0.2) is 9.37 Å². The fraction of sp³-hybridized carbons (Fsp3) is 0.261. The summed E-state index contributed by atoms with van der Waals surface area (Å²) in [7, 11) is -2.24. The highest BCUT2D eigenvalue weighted by molar-refractivity contribution is 7.90. The van der Waals surface area contributed by atoms with Crippen LogP contribution in [0.5, 0.6) is 0 Å². The lowest BCUT2D eigenvalue weighted by molar-refractivity contribution is 0.0933. The molecule has 2 heterocycles. The first kappa shape index (κ1) is 22.7. The molecule has 0 fully saturated rings. The number of amides is 1. The third-order valence-electron chi connectivity index (χ3n) is 5.24. The van der Waals surface area contributed by atoms with Crippen molar-refractivity contribution in [1.29, 1.82) is 0 Å². The molecule has 10 heteroatoms. The maximum absolute atomic E-state index is 13.8. The number of halogens is 1. The third-order valence-corrected chi connectivity index (χ3v) is 6.55. The molecule has 4 rings (SSSR count). The molecule has 1 N–H and O–H groups in total. The maximum Gasteiger partial charge on any atom is 0.285 e. The summed E-state index contributed by atoms with van der Waals surface area (Å²) in [5, 5.41) is 2.89. The molecule has 2 aromatic carbocycles. The molecule has 172 valence electrons. The number of rotatable bonds is 6. The number of nitrogens with one attached hydrogen (secondary N) is 1. The summed E-state index contributed by atoms with van der Waals surface area (Å²) in [5.74, 6) is -0.713. The van der Waals surface area contributed by atoms with E-state index in [-0.39, 0.29) is 16.6 Å². The van der Waals surface area contributed by atoms with Crippen molar-refractivity contribution in [2.24, 2.45) is 16.9 Å². The van der Waals surface area contributed by atoms with E-state index in [1.165, 1.54) is 12.1 Å². The average Bonchev–Trinajstić information content (AvgIpc) is 3.32. The Morgan fingerprint density at radius 3 is 2.58 bits per heavy atom. The minimum absolute atomic E-state index is 0.153. The van der Waals surface area contributed by atoms with Gasteiger partial charge in [-0.3, -0.25) is 4.79 Å². The molecule has 3 aromatic rings. The van der Waals surface area contributed by atoms with Gasteiger partial charge in [0.15, 0.2) is 5.84 Å². The number of hydrogen-bond donors (Lipinski definition) is 1. The van der Waals surface area contributed by atoms with E-state index < -0.39 is 21.3 Å². The molecule has 0 aliphatic carbocycles. The smallest absolute Gasteiger partial charge is 0.285 e. The summed E-state index contributed by atoms with van der Waals surface area (Å²) in [5.41, 5.74) is 0.895. The van der Waals surface area contributed by atoms with Crippen LogP contribution in [0.4, 0.5) is 10.1 Å². The fourth-order valence-electron chi connectivity index (χ4n) is 3.62. The predicted molar refractivity (Wildman–Crippen MR) is 123 cm³/mol. The van der Waals surface area contributed by atoms with Crippen molar-refractivity contribution in [3.63, 3.8) is 0 Å². The van der Waals surface area contributed by atoms with Crippen molar-refractivity contribution in [2.75, 3.05) is 18.0 Å². The molecule has 0 saturated heterocycles. The molecule has 0 bridgehead atoms. The minimum Gasteiger partial charge on any atom is -0.350 e. The molecule has 33 heavy (non-hydrogen) atoms. The summed E-state index contributed by atoms with van der Waals surface area (Å²) in [4.78, 5) is 18.2. The molecule has 1 aromatic heterocycles. The number of anilines is 1. The van der Waals surface area contributed by atoms with Gasteiger partial charge >= 0.3 is 0 Å². The molecular weight excluding hydrogens is 445 g/mol. The van der Waals surface area contributed by atoms with E-state index >= 15 is 0 Å². The highest BCUT2D eigenvalue weighted by atomic mass is 32.2. The number of aromatic nitrogens is 2. The number of carbonyl (C=O) groups is 1. The van der Waals surface area contributed by atoms with E-state index in [1.54, 1.807) is 29.0 Å². The van der Waals surface area contributed by atoms with E-state index in [4.69, 9.17) is 0 Å². The molecule has 0 spiro atoms. The Morgan fingerprint density at radius 2 is 1.91 bits per heavy atom. The zero-order valence-corrected chi connectivity index (χ0v) is 19.3. The summed E-state index contributed by atoms with van der Waals surface area (Å²) in [6.45, 7) is 4.56. The molecular formula is C23H24FN5O3S. The van der Waals surface area contributed by atoms with Crippen LogP contribution in [0.15, 0.2) is 70.3 Å². The highest BCUT2D eigenvalue weighted by Gasteiger charge is 2.35. The Kier molecular flexibility index (Phi) is 5.79. The van der Waals surface area contributed by atoms with Gasteiger partial charge in [-0.05, 0) is 30.3 Å². The van der Waals surface area contributed by atoms with Crippen molar-refractivity contribution in [1.82, 2.24) is 14.9 Å². The van der Waals surface area contributed by atoms with Crippen molar-refractivity contribution >= 4 is 27.5 Å². The van der Waals surface area contributed by atoms with E-state index in [1.807, 2.05) is 44.2 Å². The molecule has 0 unspecified atom stereocenters. The van der Waals surface area contributed by atoms with Crippen molar-refractivity contribution in [2.45, 2.75) is 18.7 Å².